The number of hydrogen-bond acceptors (Lipinski definition) is 2. The molecule has 0 amide bonds. The summed E-state index contributed by atoms with van der Waals surface area (Å²) >= 11 is 0. The van der Waals surface area contributed by atoms with Crippen molar-refractivity contribution in [3.05, 3.63) is 0 Å². The summed E-state index contributed by atoms with van der Waals surface area (Å²) in [7, 11) is 0. The fourth-order valence-corrected chi connectivity index (χ4v) is 1.76. The summed E-state index contributed by atoms with van der Waals surface area (Å²) in [5, 5.41) is 18.4. The second-order valence-electron chi connectivity index (χ2n) is 4.87. The van der Waals surface area contributed by atoms with Crippen molar-refractivity contribution in [2.45, 2.75) is 47.0 Å². The number of unbranched alkanes of at least 4 members (excludes halogenated alkanes) is 1. The van der Waals surface area contributed by atoms with Crippen LogP contribution in [0.25, 0.3) is 0 Å². The summed E-state index contributed by atoms with van der Waals surface area (Å²) < 4.78 is 0. The Balaban J connectivity index is 0. The first-order valence-electron chi connectivity index (χ1n) is 5.17. The first-order valence-corrected chi connectivity index (χ1v) is 5.17. The van der Waals surface area contributed by atoms with Gasteiger partial charge >= 0.3 is 60.8 Å². The monoisotopic (exact) mass is 356 g/mol. The number of rotatable bonds is 5. The van der Waals surface area contributed by atoms with E-state index in [1.165, 1.54) is 0 Å². The first-order chi connectivity index (χ1) is 6.70. The van der Waals surface area contributed by atoms with E-state index in [1.807, 2.05) is 6.92 Å². The van der Waals surface area contributed by atoms with Crippen LogP contribution < -0.4 is 0 Å². The maximum absolute atomic E-state index is 11.2. The number of carboxylic acids is 2. The van der Waals surface area contributed by atoms with Crippen molar-refractivity contribution in [1.82, 2.24) is 0 Å². The van der Waals surface area contributed by atoms with E-state index in [0.717, 1.165) is 6.42 Å². The third-order valence-corrected chi connectivity index (χ3v) is 2.92. The van der Waals surface area contributed by atoms with Gasteiger partial charge in [-0.05, 0) is 11.8 Å². The van der Waals surface area contributed by atoms with Gasteiger partial charge in [-0.15, -0.1) is 0 Å². The second-order valence-corrected chi connectivity index (χ2v) is 4.87. The molecule has 5 heteroatoms. The fourth-order valence-electron chi connectivity index (χ4n) is 1.76. The third-order valence-electron chi connectivity index (χ3n) is 2.92. The maximum atomic E-state index is 11.2. The minimum atomic E-state index is -1.68. The molecule has 0 saturated carbocycles. The standard InChI is InChI=1S/C11H20O4.Ba.2H/c1-5-6-7-11(8(12)13,9(14)15)10(2,3)4;;;/h5-7H2,1-4H3,(H,12,13)(H,14,15);;;. The van der Waals surface area contributed by atoms with Crippen molar-refractivity contribution in [2.75, 3.05) is 0 Å². The molecule has 16 heavy (non-hydrogen) atoms. The van der Waals surface area contributed by atoms with Gasteiger partial charge in [-0.1, -0.05) is 40.5 Å². The van der Waals surface area contributed by atoms with E-state index in [0.29, 0.717) is 6.42 Å². The van der Waals surface area contributed by atoms with E-state index in [4.69, 9.17) is 0 Å². The Labute approximate surface area is 137 Å². The molecular weight excluding hydrogens is 333 g/mol. The van der Waals surface area contributed by atoms with Crippen molar-refractivity contribution in [3.63, 3.8) is 0 Å². The van der Waals surface area contributed by atoms with Crippen LogP contribution in [0.4, 0.5) is 0 Å². The zero-order valence-electron chi connectivity index (χ0n) is 9.83. The van der Waals surface area contributed by atoms with Crippen molar-refractivity contribution in [2.24, 2.45) is 10.8 Å². The van der Waals surface area contributed by atoms with Gasteiger partial charge < -0.3 is 10.2 Å². The van der Waals surface area contributed by atoms with E-state index in [1.54, 1.807) is 20.8 Å². The molecule has 0 radical (unpaired) electrons. The van der Waals surface area contributed by atoms with Crippen LogP contribution in [0.1, 0.15) is 47.0 Å². The van der Waals surface area contributed by atoms with E-state index in [9.17, 15) is 19.8 Å². The fraction of sp³-hybridized carbons (Fsp3) is 0.818. The average Bonchev–Trinajstić information content (AvgIpc) is 2.01. The predicted molar refractivity (Wildman–Crippen MR) is 65.2 cm³/mol. The Morgan fingerprint density at radius 3 is 1.62 bits per heavy atom. The van der Waals surface area contributed by atoms with Gasteiger partial charge in [0.25, 0.3) is 0 Å². The molecule has 0 aromatic carbocycles. The van der Waals surface area contributed by atoms with Crippen molar-refractivity contribution >= 4 is 60.8 Å². The Kier molecular flexibility index (Phi) is 8.32. The Hall–Kier alpha value is 0.511. The van der Waals surface area contributed by atoms with Gasteiger partial charge in [-0.3, -0.25) is 9.59 Å². The van der Waals surface area contributed by atoms with Gasteiger partial charge in [0.2, 0.25) is 0 Å². The second kappa shape index (κ2) is 7.06. The van der Waals surface area contributed by atoms with Gasteiger partial charge in [0, 0.05) is 0 Å². The summed E-state index contributed by atoms with van der Waals surface area (Å²) in [6, 6.07) is 0. The summed E-state index contributed by atoms with van der Waals surface area (Å²) in [6.07, 6.45) is 1.58. The van der Waals surface area contributed by atoms with Gasteiger partial charge in [-0.25, -0.2) is 0 Å². The summed E-state index contributed by atoms with van der Waals surface area (Å²) in [5.41, 5.74) is -2.47. The molecule has 0 bridgehead atoms. The van der Waals surface area contributed by atoms with Gasteiger partial charge in [0.1, 0.15) is 0 Å². The molecular formula is C11H22BaO4. The van der Waals surface area contributed by atoms with Crippen LogP contribution in [0.3, 0.4) is 0 Å². The molecule has 0 rings (SSSR count). The summed E-state index contributed by atoms with van der Waals surface area (Å²) in [4.78, 5) is 22.5. The molecule has 0 atom stereocenters. The molecule has 0 saturated heterocycles. The quantitative estimate of drug-likeness (QED) is 0.578. The topological polar surface area (TPSA) is 74.6 Å². The Morgan fingerprint density at radius 1 is 1.06 bits per heavy atom. The zero-order valence-corrected chi connectivity index (χ0v) is 9.83. The molecule has 0 aliphatic heterocycles. The molecule has 0 aliphatic rings. The van der Waals surface area contributed by atoms with E-state index in [-0.39, 0.29) is 55.3 Å². The van der Waals surface area contributed by atoms with Crippen molar-refractivity contribution in [3.8, 4) is 0 Å². The molecule has 0 spiro atoms. The van der Waals surface area contributed by atoms with Crippen molar-refractivity contribution in [1.29, 1.82) is 0 Å². The average molecular weight is 356 g/mol. The number of hydrogen-bond donors (Lipinski definition) is 2. The van der Waals surface area contributed by atoms with Crippen LogP contribution in [0.2, 0.25) is 0 Å². The van der Waals surface area contributed by atoms with E-state index in [2.05, 4.69) is 0 Å². The first kappa shape index (κ1) is 18.9. The zero-order chi connectivity index (χ0) is 12.3. The molecule has 0 heterocycles. The van der Waals surface area contributed by atoms with Gasteiger partial charge in [-0.2, -0.15) is 0 Å². The van der Waals surface area contributed by atoms with Crippen LogP contribution in [-0.2, 0) is 9.59 Å². The van der Waals surface area contributed by atoms with Crippen LogP contribution in [0.15, 0.2) is 0 Å². The van der Waals surface area contributed by atoms with Crippen LogP contribution in [0, 0.1) is 10.8 Å². The molecule has 2 N–H and O–H groups in total. The summed E-state index contributed by atoms with van der Waals surface area (Å²) in [6.45, 7) is 6.89. The van der Waals surface area contributed by atoms with Gasteiger partial charge in [0.15, 0.2) is 5.41 Å². The van der Waals surface area contributed by atoms with E-state index < -0.39 is 22.8 Å². The summed E-state index contributed by atoms with van der Waals surface area (Å²) in [5.74, 6) is -2.48. The Bertz CT molecular complexity index is 241. The minimum absolute atomic E-state index is 0. The van der Waals surface area contributed by atoms with Crippen molar-refractivity contribution < 1.29 is 19.8 Å². The molecule has 0 aromatic rings. The van der Waals surface area contributed by atoms with Crippen LogP contribution >= 0.6 is 0 Å². The molecule has 0 aromatic heterocycles. The van der Waals surface area contributed by atoms with Crippen LogP contribution in [0.5, 0.6) is 0 Å². The molecule has 92 valence electrons. The van der Waals surface area contributed by atoms with Gasteiger partial charge in [0.05, 0.1) is 0 Å². The molecule has 0 aliphatic carbocycles. The Morgan fingerprint density at radius 2 is 1.44 bits per heavy atom. The van der Waals surface area contributed by atoms with E-state index >= 15 is 0 Å². The molecule has 0 unspecified atom stereocenters. The predicted octanol–water partition coefficient (Wildman–Crippen LogP) is 1.46. The SMILES string of the molecule is CCCCC(C(=O)O)(C(=O)O)C(C)(C)C.[BaH2]. The normalized spacial score (nSPS) is 11.8. The number of carboxylic acid groups (broad SMARTS) is 2. The molecule has 0 fully saturated rings. The number of carbonyl (C=O) groups is 2. The molecule has 4 nitrogen and oxygen atoms in total. The number of aliphatic carboxylic acids is 2. The van der Waals surface area contributed by atoms with Crippen LogP contribution in [-0.4, -0.2) is 71.0 Å². The third kappa shape index (κ3) is 3.77.